The molecule has 1 N–H and O–H groups in total. The minimum absolute atomic E-state index is 0.131. The van der Waals surface area contributed by atoms with E-state index >= 15 is 0 Å². The quantitative estimate of drug-likeness (QED) is 0.907. The van der Waals surface area contributed by atoms with Crippen molar-refractivity contribution in [3.8, 4) is 5.69 Å². The van der Waals surface area contributed by atoms with E-state index in [0.717, 1.165) is 38.9 Å². The maximum Gasteiger partial charge on any atom is 0.254 e. The van der Waals surface area contributed by atoms with Crippen molar-refractivity contribution in [1.29, 1.82) is 0 Å². The van der Waals surface area contributed by atoms with Crippen LogP contribution in [0.25, 0.3) is 5.69 Å². The number of benzene rings is 1. The van der Waals surface area contributed by atoms with Crippen LogP contribution in [0, 0.1) is 12.7 Å². The summed E-state index contributed by atoms with van der Waals surface area (Å²) in [5.74, 6) is -0.488. The van der Waals surface area contributed by atoms with Gasteiger partial charge in [-0.05, 0) is 44.9 Å². The fourth-order valence-electron chi connectivity index (χ4n) is 3.38. The van der Waals surface area contributed by atoms with Crippen molar-refractivity contribution in [2.24, 2.45) is 0 Å². The highest BCUT2D eigenvalue weighted by molar-refractivity contribution is 5.95. The first kappa shape index (κ1) is 17.6. The predicted molar refractivity (Wildman–Crippen MR) is 95.5 cm³/mol. The van der Waals surface area contributed by atoms with Crippen LogP contribution in [0.4, 0.5) is 4.39 Å². The van der Waals surface area contributed by atoms with Crippen LogP contribution in [0.15, 0.2) is 30.5 Å². The summed E-state index contributed by atoms with van der Waals surface area (Å²) in [5, 5.41) is 7.31. The molecule has 0 radical (unpaired) electrons. The number of nitrogens with one attached hydrogen (secondary N) is 1. The Morgan fingerprint density at radius 1 is 1.32 bits per heavy atom. The topological polar surface area (TPSA) is 50.2 Å². The second kappa shape index (κ2) is 7.78. The number of halogens is 1. The highest BCUT2D eigenvalue weighted by Crippen LogP contribution is 2.18. The summed E-state index contributed by atoms with van der Waals surface area (Å²) in [6, 6.07) is 6.62. The van der Waals surface area contributed by atoms with Crippen molar-refractivity contribution in [1.82, 2.24) is 20.0 Å². The zero-order chi connectivity index (χ0) is 17.8. The number of carbonyl (C=O) groups excluding carboxylic acids is 1. The Kier molecular flexibility index (Phi) is 5.48. The molecule has 25 heavy (non-hydrogen) atoms. The molecule has 1 aliphatic heterocycles. The van der Waals surface area contributed by atoms with Crippen molar-refractivity contribution < 1.29 is 9.18 Å². The summed E-state index contributed by atoms with van der Waals surface area (Å²) >= 11 is 0. The third kappa shape index (κ3) is 3.90. The first-order valence-electron chi connectivity index (χ1n) is 8.93. The van der Waals surface area contributed by atoms with Gasteiger partial charge in [0.05, 0.1) is 17.5 Å². The fraction of sp³-hybridized carbons (Fsp3) is 0.474. The van der Waals surface area contributed by atoms with Gasteiger partial charge in [-0.1, -0.05) is 19.1 Å². The van der Waals surface area contributed by atoms with E-state index in [1.54, 1.807) is 25.1 Å². The van der Waals surface area contributed by atoms with E-state index in [4.69, 9.17) is 0 Å². The summed E-state index contributed by atoms with van der Waals surface area (Å²) in [5.41, 5.74) is 1.50. The number of nitrogens with zero attached hydrogens (tertiary/aromatic N) is 3. The monoisotopic (exact) mass is 344 g/mol. The van der Waals surface area contributed by atoms with Crippen LogP contribution in [0.3, 0.4) is 0 Å². The molecule has 0 unspecified atom stereocenters. The average Bonchev–Trinajstić information content (AvgIpc) is 2.99. The Bertz CT molecular complexity index is 735. The van der Waals surface area contributed by atoms with Crippen molar-refractivity contribution in [2.45, 2.75) is 39.2 Å². The number of piperidine rings is 1. The highest BCUT2D eigenvalue weighted by atomic mass is 19.1. The number of hydrogen-bond acceptors (Lipinski definition) is 3. The van der Waals surface area contributed by atoms with E-state index in [1.807, 2.05) is 0 Å². The Morgan fingerprint density at radius 2 is 2.04 bits per heavy atom. The molecule has 1 amide bonds. The smallest absolute Gasteiger partial charge is 0.254 e. The van der Waals surface area contributed by atoms with Gasteiger partial charge in [-0.3, -0.25) is 4.79 Å². The molecule has 1 saturated heterocycles. The van der Waals surface area contributed by atoms with Gasteiger partial charge in [0.2, 0.25) is 0 Å². The van der Waals surface area contributed by atoms with Crippen LogP contribution in [0.5, 0.6) is 0 Å². The summed E-state index contributed by atoms with van der Waals surface area (Å²) in [4.78, 5) is 15.0. The molecule has 1 aromatic heterocycles. The summed E-state index contributed by atoms with van der Waals surface area (Å²) < 4.78 is 15.5. The Labute approximate surface area is 147 Å². The lowest BCUT2D eigenvalue weighted by molar-refractivity contribution is 0.0910. The van der Waals surface area contributed by atoms with Gasteiger partial charge in [-0.25, -0.2) is 9.07 Å². The summed E-state index contributed by atoms with van der Waals surface area (Å²) in [6.07, 6.45) is 4.60. The Hall–Kier alpha value is -2.21. The third-order valence-corrected chi connectivity index (χ3v) is 4.80. The molecule has 5 nitrogen and oxygen atoms in total. The number of para-hydroxylation sites is 1. The normalized spacial score (nSPS) is 16.1. The Balaban J connectivity index is 1.67. The standard InChI is InChI=1S/C19H25FN4O/c1-3-10-23-11-8-15(9-12-23)22-19(25)16-13-21-24(14(16)2)18-7-5-4-6-17(18)20/h4-7,13,15H,3,8-12H2,1-2H3,(H,22,25). The molecular formula is C19H25FN4O. The molecule has 6 heteroatoms. The molecule has 0 saturated carbocycles. The highest BCUT2D eigenvalue weighted by Gasteiger charge is 2.23. The number of hydrogen-bond donors (Lipinski definition) is 1. The molecule has 2 aromatic rings. The van der Waals surface area contributed by atoms with E-state index in [-0.39, 0.29) is 17.8 Å². The summed E-state index contributed by atoms with van der Waals surface area (Å²) in [6.45, 7) is 7.13. The zero-order valence-corrected chi connectivity index (χ0v) is 14.8. The second-order valence-electron chi connectivity index (χ2n) is 6.60. The number of aromatic nitrogens is 2. The largest absolute Gasteiger partial charge is 0.349 e. The van der Waals surface area contributed by atoms with Crippen molar-refractivity contribution in [3.63, 3.8) is 0 Å². The van der Waals surface area contributed by atoms with Gasteiger partial charge in [0, 0.05) is 19.1 Å². The first-order chi connectivity index (χ1) is 12.1. The number of likely N-dealkylation sites (tertiary alicyclic amines) is 1. The minimum atomic E-state index is -0.357. The molecule has 0 bridgehead atoms. The predicted octanol–water partition coefficient (Wildman–Crippen LogP) is 2.92. The zero-order valence-electron chi connectivity index (χ0n) is 14.8. The van der Waals surface area contributed by atoms with E-state index in [0.29, 0.717) is 16.9 Å². The van der Waals surface area contributed by atoms with Gasteiger partial charge in [0.25, 0.3) is 5.91 Å². The molecule has 1 aromatic carbocycles. The van der Waals surface area contributed by atoms with Crippen LogP contribution < -0.4 is 5.32 Å². The minimum Gasteiger partial charge on any atom is -0.349 e. The average molecular weight is 344 g/mol. The van der Waals surface area contributed by atoms with Gasteiger partial charge in [0.1, 0.15) is 11.5 Å². The lowest BCUT2D eigenvalue weighted by Gasteiger charge is -2.32. The van der Waals surface area contributed by atoms with Gasteiger partial charge in [0.15, 0.2) is 0 Å². The number of carbonyl (C=O) groups is 1. The van der Waals surface area contributed by atoms with Gasteiger partial charge in [-0.15, -0.1) is 0 Å². The fourth-order valence-corrected chi connectivity index (χ4v) is 3.38. The molecule has 1 fully saturated rings. The van der Waals surface area contributed by atoms with E-state index in [2.05, 4.69) is 22.2 Å². The van der Waals surface area contributed by atoms with Crippen LogP contribution in [-0.4, -0.2) is 46.3 Å². The van der Waals surface area contributed by atoms with Crippen molar-refractivity contribution in [3.05, 3.63) is 47.5 Å². The van der Waals surface area contributed by atoms with Crippen LogP contribution >= 0.6 is 0 Å². The maximum absolute atomic E-state index is 14.0. The van der Waals surface area contributed by atoms with E-state index < -0.39 is 0 Å². The summed E-state index contributed by atoms with van der Waals surface area (Å²) in [7, 11) is 0. The molecule has 0 spiro atoms. The lowest BCUT2D eigenvalue weighted by Crippen LogP contribution is -2.44. The number of rotatable bonds is 5. The number of amides is 1. The molecule has 0 atom stereocenters. The van der Waals surface area contributed by atoms with Crippen molar-refractivity contribution >= 4 is 5.91 Å². The molecule has 2 heterocycles. The van der Waals surface area contributed by atoms with Crippen LogP contribution in [0.2, 0.25) is 0 Å². The molecular weight excluding hydrogens is 319 g/mol. The van der Waals surface area contributed by atoms with E-state index in [1.165, 1.54) is 16.9 Å². The lowest BCUT2D eigenvalue weighted by atomic mass is 10.0. The molecule has 3 rings (SSSR count). The van der Waals surface area contributed by atoms with Crippen LogP contribution in [0.1, 0.15) is 42.2 Å². The molecule has 0 aliphatic carbocycles. The first-order valence-corrected chi connectivity index (χ1v) is 8.93. The third-order valence-electron chi connectivity index (χ3n) is 4.80. The van der Waals surface area contributed by atoms with Crippen molar-refractivity contribution in [2.75, 3.05) is 19.6 Å². The molecule has 134 valence electrons. The van der Waals surface area contributed by atoms with Gasteiger partial charge < -0.3 is 10.2 Å². The molecule has 1 aliphatic rings. The van der Waals surface area contributed by atoms with Gasteiger partial charge >= 0.3 is 0 Å². The van der Waals surface area contributed by atoms with Gasteiger partial charge in [-0.2, -0.15) is 5.10 Å². The maximum atomic E-state index is 14.0. The van der Waals surface area contributed by atoms with E-state index in [9.17, 15) is 9.18 Å². The van der Waals surface area contributed by atoms with Crippen LogP contribution in [-0.2, 0) is 0 Å². The Morgan fingerprint density at radius 3 is 2.72 bits per heavy atom. The SMILES string of the molecule is CCCN1CCC(NC(=O)c2cnn(-c3ccccc3F)c2C)CC1. The second-order valence-corrected chi connectivity index (χ2v) is 6.60.